The zero-order valence-electron chi connectivity index (χ0n) is 17.9. The maximum atomic E-state index is 13.4. The minimum atomic E-state index is -4.54. The lowest BCUT2D eigenvalue weighted by Gasteiger charge is -2.19. The number of urea groups is 1. The first kappa shape index (κ1) is 25.5. The first-order chi connectivity index (χ1) is 15.0. The summed E-state index contributed by atoms with van der Waals surface area (Å²) in [5.74, 6) is -0.621. The van der Waals surface area contributed by atoms with Crippen molar-refractivity contribution < 1.29 is 22.8 Å². The molecule has 0 heterocycles. The van der Waals surface area contributed by atoms with Crippen LogP contribution >= 0.6 is 12.8 Å². The van der Waals surface area contributed by atoms with Crippen LogP contribution in [0, 0.1) is 0 Å². The molecule has 0 fully saturated rings. The molecule has 0 atom stereocenters. The summed E-state index contributed by atoms with van der Waals surface area (Å²) in [5.41, 5.74) is 5.44. The largest absolute Gasteiger partial charge is 0.416 e. The van der Waals surface area contributed by atoms with Crippen molar-refractivity contribution in [3.05, 3.63) is 59.2 Å². The molecule has 0 saturated heterocycles. The Morgan fingerprint density at radius 1 is 1.06 bits per heavy atom. The summed E-state index contributed by atoms with van der Waals surface area (Å²) in [4.78, 5) is 25.9. The number of amides is 3. The number of nitrogens with zero attached hydrogens (tertiary/aromatic N) is 2. The molecule has 0 radical (unpaired) electrons. The molecule has 10 heteroatoms. The molecule has 32 heavy (non-hydrogen) atoms. The van der Waals surface area contributed by atoms with Gasteiger partial charge in [0.25, 0.3) is 0 Å². The van der Waals surface area contributed by atoms with Gasteiger partial charge in [-0.05, 0) is 80.5 Å². The van der Waals surface area contributed by atoms with E-state index >= 15 is 0 Å². The van der Waals surface area contributed by atoms with Crippen molar-refractivity contribution in [2.75, 3.05) is 29.3 Å². The highest BCUT2D eigenvalue weighted by atomic mass is 32.1. The quantitative estimate of drug-likeness (QED) is 0.455. The lowest BCUT2D eigenvalue weighted by Crippen LogP contribution is -2.27. The summed E-state index contributed by atoms with van der Waals surface area (Å²) in [5, 5.41) is 2.46. The molecular formula is C22H27F3N4O2S. The van der Waals surface area contributed by atoms with Crippen LogP contribution < -0.4 is 15.4 Å². The third-order valence-corrected chi connectivity index (χ3v) is 5.41. The van der Waals surface area contributed by atoms with Gasteiger partial charge in [-0.25, -0.2) is 9.10 Å². The summed E-state index contributed by atoms with van der Waals surface area (Å²) in [6, 6.07) is 8.55. The van der Waals surface area contributed by atoms with E-state index in [4.69, 9.17) is 5.73 Å². The van der Waals surface area contributed by atoms with Crippen LogP contribution in [-0.2, 0) is 12.6 Å². The number of carbonyl (C=O) groups excluding carboxylic acids is 2. The van der Waals surface area contributed by atoms with E-state index in [1.807, 2.05) is 13.8 Å². The Bertz CT molecular complexity index is 932. The van der Waals surface area contributed by atoms with Crippen molar-refractivity contribution in [2.24, 2.45) is 5.73 Å². The third kappa shape index (κ3) is 7.16. The molecule has 0 aliphatic heterocycles. The zero-order chi connectivity index (χ0) is 23.9. The van der Waals surface area contributed by atoms with E-state index in [9.17, 15) is 22.8 Å². The van der Waals surface area contributed by atoms with Gasteiger partial charge in [-0.1, -0.05) is 26.7 Å². The smallest absolute Gasteiger partial charge is 0.366 e. The maximum Gasteiger partial charge on any atom is 0.416 e. The Morgan fingerprint density at radius 2 is 1.69 bits per heavy atom. The van der Waals surface area contributed by atoms with E-state index in [2.05, 4.69) is 23.0 Å². The van der Waals surface area contributed by atoms with Gasteiger partial charge in [0.05, 0.1) is 11.3 Å². The second kappa shape index (κ2) is 11.2. The molecule has 0 spiro atoms. The Kier molecular flexibility index (Phi) is 8.97. The Balaban J connectivity index is 2.17. The molecule has 0 aliphatic rings. The predicted octanol–water partition coefficient (Wildman–Crippen LogP) is 4.96. The molecule has 2 aromatic carbocycles. The van der Waals surface area contributed by atoms with E-state index < -0.39 is 23.7 Å². The fraction of sp³-hybridized carbons (Fsp3) is 0.364. The molecule has 3 amide bonds. The minimum Gasteiger partial charge on any atom is -0.366 e. The number of primary amides is 1. The van der Waals surface area contributed by atoms with Gasteiger partial charge in [0, 0.05) is 11.3 Å². The number of carbonyl (C=O) groups is 2. The number of benzene rings is 2. The molecule has 0 unspecified atom stereocenters. The molecule has 2 aromatic rings. The van der Waals surface area contributed by atoms with Gasteiger partial charge >= 0.3 is 12.2 Å². The molecule has 3 N–H and O–H groups in total. The first-order valence-electron chi connectivity index (χ1n) is 10.2. The van der Waals surface area contributed by atoms with Crippen molar-refractivity contribution in [1.82, 2.24) is 4.90 Å². The average molecular weight is 469 g/mol. The number of hydrogen-bond donors (Lipinski definition) is 3. The van der Waals surface area contributed by atoms with Gasteiger partial charge in [-0.15, -0.1) is 0 Å². The predicted molar refractivity (Wildman–Crippen MR) is 123 cm³/mol. The first-order valence-corrected chi connectivity index (χ1v) is 10.6. The van der Waals surface area contributed by atoms with E-state index in [0.29, 0.717) is 24.1 Å². The molecule has 6 nitrogen and oxygen atoms in total. The number of rotatable bonds is 9. The van der Waals surface area contributed by atoms with Crippen LogP contribution in [0.15, 0.2) is 42.5 Å². The van der Waals surface area contributed by atoms with Crippen molar-refractivity contribution >= 4 is 36.1 Å². The second-order valence-corrected chi connectivity index (χ2v) is 7.60. The van der Waals surface area contributed by atoms with Gasteiger partial charge in [0.1, 0.15) is 0 Å². The lowest BCUT2D eigenvalue weighted by atomic mass is 10.0. The van der Waals surface area contributed by atoms with Crippen LogP contribution in [0.1, 0.15) is 41.8 Å². The molecular weight excluding hydrogens is 441 g/mol. The minimum absolute atomic E-state index is 0.0236. The number of anilines is 2. The van der Waals surface area contributed by atoms with Gasteiger partial charge < -0.3 is 16.0 Å². The second-order valence-electron chi connectivity index (χ2n) is 7.20. The van der Waals surface area contributed by atoms with Crippen LogP contribution in [-0.4, -0.2) is 36.5 Å². The molecule has 0 saturated carbocycles. The number of thiol groups is 1. The number of halogens is 3. The Morgan fingerprint density at radius 3 is 2.22 bits per heavy atom. The maximum absolute atomic E-state index is 13.4. The molecule has 174 valence electrons. The van der Waals surface area contributed by atoms with Crippen molar-refractivity contribution in [2.45, 2.75) is 32.9 Å². The van der Waals surface area contributed by atoms with Crippen LogP contribution in [0.5, 0.6) is 0 Å². The fourth-order valence-electron chi connectivity index (χ4n) is 3.18. The lowest BCUT2D eigenvalue weighted by molar-refractivity contribution is -0.137. The van der Waals surface area contributed by atoms with E-state index in [-0.39, 0.29) is 11.3 Å². The highest BCUT2D eigenvalue weighted by Gasteiger charge is 2.31. The van der Waals surface area contributed by atoms with Gasteiger partial charge in [0.15, 0.2) is 0 Å². The fourth-order valence-corrected chi connectivity index (χ4v) is 3.36. The average Bonchev–Trinajstić information content (AvgIpc) is 2.75. The molecule has 2 rings (SSSR count). The van der Waals surface area contributed by atoms with Crippen molar-refractivity contribution in [3.63, 3.8) is 0 Å². The Hall–Kier alpha value is -2.72. The summed E-state index contributed by atoms with van der Waals surface area (Å²) in [6.45, 7) is 6.59. The highest BCUT2D eigenvalue weighted by molar-refractivity contribution is 7.82. The molecule has 0 bridgehead atoms. The summed E-state index contributed by atoms with van der Waals surface area (Å²) >= 11 is 4.12. The summed E-state index contributed by atoms with van der Waals surface area (Å²) in [6.07, 6.45) is -3.40. The van der Waals surface area contributed by atoms with E-state index in [1.54, 1.807) is 0 Å². The summed E-state index contributed by atoms with van der Waals surface area (Å²) < 4.78 is 41.1. The Labute approximate surface area is 191 Å². The molecule has 0 aliphatic carbocycles. The number of aryl methyl sites for hydroxylation is 1. The monoisotopic (exact) mass is 468 g/mol. The normalized spacial score (nSPS) is 11.5. The number of alkyl halides is 3. The zero-order valence-corrected chi connectivity index (χ0v) is 18.8. The highest BCUT2D eigenvalue weighted by Crippen LogP contribution is 2.32. The van der Waals surface area contributed by atoms with Gasteiger partial charge in [-0.2, -0.15) is 13.2 Å². The van der Waals surface area contributed by atoms with Crippen molar-refractivity contribution in [3.8, 4) is 0 Å². The number of nitrogens with one attached hydrogen (secondary N) is 1. The number of nitrogens with two attached hydrogens (primary N) is 1. The van der Waals surface area contributed by atoms with Crippen LogP contribution in [0.2, 0.25) is 0 Å². The van der Waals surface area contributed by atoms with E-state index in [1.165, 1.54) is 30.3 Å². The van der Waals surface area contributed by atoms with Crippen LogP contribution in [0.25, 0.3) is 0 Å². The van der Waals surface area contributed by atoms with E-state index in [0.717, 1.165) is 36.1 Å². The van der Waals surface area contributed by atoms with Crippen LogP contribution in [0.4, 0.5) is 29.3 Å². The SMILES string of the molecule is CCN(CC)CCCc1cc(NC(=O)N(S)c2ccc(C(N)=O)cc2)cc(C(F)(F)F)c1. The topological polar surface area (TPSA) is 78.7 Å². The standard InChI is InChI=1S/C22H27F3N4O2S/c1-3-28(4-2)11-5-6-15-12-17(22(23,24)25)14-18(13-15)27-21(31)29(32)19-9-7-16(8-10-19)20(26)30/h7-10,12-14,32H,3-6,11H2,1-2H3,(H2,26,30)(H,27,31). The van der Waals surface area contributed by atoms with Gasteiger partial charge in [0.2, 0.25) is 5.91 Å². The van der Waals surface area contributed by atoms with Crippen molar-refractivity contribution in [1.29, 1.82) is 0 Å². The summed E-state index contributed by atoms with van der Waals surface area (Å²) in [7, 11) is 0. The third-order valence-electron chi connectivity index (χ3n) is 4.99. The molecule has 0 aromatic heterocycles. The van der Waals surface area contributed by atoms with Gasteiger partial charge in [-0.3, -0.25) is 4.79 Å². The number of hydrogen-bond acceptors (Lipinski definition) is 4. The van der Waals surface area contributed by atoms with Crippen LogP contribution in [0.3, 0.4) is 0 Å².